The van der Waals surface area contributed by atoms with E-state index in [9.17, 15) is 10.0 Å². The molecule has 148 valence electrons. The summed E-state index contributed by atoms with van der Waals surface area (Å²) in [6, 6.07) is 13.0. The molecule has 3 rings (SSSR count). The Kier molecular flexibility index (Phi) is 6.03. The van der Waals surface area contributed by atoms with E-state index in [2.05, 4.69) is 5.16 Å². The first kappa shape index (κ1) is 19.5. The van der Waals surface area contributed by atoms with Gasteiger partial charge in [-0.15, -0.1) is 0 Å². The van der Waals surface area contributed by atoms with Crippen molar-refractivity contribution in [1.82, 2.24) is 0 Å². The zero-order chi connectivity index (χ0) is 20.1. The fourth-order valence-corrected chi connectivity index (χ4v) is 3.27. The van der Waals surface area contributed by atoms with E-state index < -0.39 is 6.09 Å². The molecule has 7 nitrogen and oxygen atoms in total. The van der Waals surface area contributed by atoms with Gasteiger partial charge in [0.1, 0.15) is 6.61 Å². The zero-order valence-electron chi connectivity index (χ0n) is 16.2. The zero-order valence-corrected chi connectivity index (χ0v) is 16.2. The van der Waals surface area contributed by atoms with E-state index in [0.29, 0.717) is 41.5 Å². The molecule has 1 N–H and O–H groups in total. The predicted molar refractivity (Wildman–Crippen MR) is 106 cm³/mol. The van der Waals surface area contributed by atoms with Crippen LogP contribution in [0.2, 0.25) is 0 Å². The molecule has 0 saturated heterocycles. The number of carbonyl (C=O) groups is 1. The van der Waals surface area contributed by atoms with Crippen LogP contribution in [0.3, 0.4) is 0 Å². The molecule has 1 amide bonds. The van der Waals surface area contributed by atoms with Gasteiger partial charge in [0.25, 0.3) is 0 Å². The maximum atomic E-state index is 12.5. The number of hydrogen-bond acceptors (Lipinski definition) is 6. The predicted octanol–water partition coefficient (Wildman–Crippen LogP) is 4.21. The summed E-state index contributed by atoms with van der Waals surface area (Å²) in [6.07, 6.45) is -0.0551. The lowest BCUT2D eigenvalue weighted by atomic mass is 9.94. The summed E-state index contributed by atoms with van der Waals surface area (Å²) >= 11 is 0. The minimum atomic E-state index is -0.451. The van der Waals surface area contributed by atoms with Crippen molar-refractivity contribution in [3.05, 3.63) is 53.6 Å². The number of carbonyl (C=O) groups excluding carboxylic acids is 1. The number of benzene rings is 2. The number of oxime groups is 1. The smallest absolute Gasteiger partial charge is 0.414 e. The fourth-order valence-electron chi connectivity index (χ4n) is 3.27. The van der Waals surface area contributed by atoms with E-state index in [1.807, 2.05) is 37.3 Å². The molecule has 1 atom stereocenters. The van der Waals surface area contributed by atoms with Crippen LogP contribution in [0.4, 0.5) is 10.5 Å². The van der Waals surface area contributed by atoms with Gasteiger partial charge in [0.15, 0.2) is 11.5 Å². The number of amides is 1. The highest BCUT2D eigenvalue weighted by molar-refractivity contribution is 6.11. The lowest BCUT2D eigenvalue weighted by Gasteiger charge is -2.35. The molecule has 1 unspecified atom stereocenters. The van der Waals surface area contributed by atoms with E-state index in [-0.39, 0.29) is 12.6 Å². The van der Waals surface area contributed by atoms with Gasteiger partial charge in [-0.05, 0) is 25.5 Å². The quantitative estimate of drug-likeness (QED) is 0.617. The Morgan fingerprint density at radius 2 is 2.00 bits per heavy atom. The molecule has 2 aromatic rings. The Hall–Kier alpha value is -3.22. The summed E-state index contributed by atoms with van der Waals surface area (Å²) < 4.78 is 16.6. The van der Waals surface area contributed by atoms with Gasteiger partial charge in [0.05, 0.1) is 25.1 Å². The van der Waals surface area contributed by atoms with E-state index in [1.165, 1.54) is 0 Å². The molecule has 0 fully saturated rings. The van der Waals surface area contributed by atoms with Gasteiger partial charge in [-0.1, -0.05) is 35.5 Å². The first-order valence-electron chi connectivity index (χ1n) is 9.15. The lowest BCUT2D eigenvalue weighted by Crippen LogP contribution is -2.44. The number of ether oxygens (including phenoxy) is 3. The number of nitrogens with zero attached hydrogens (tertiary/aromatic N) is 2. The molecule has 1 aliphatic rings. The Bertz CT molecular complexity index is 867. The van der Waals surface area contributed by atoms with Crippen LogP contribution in [0.1, 0.15) is 31.4 Å². The van der Waals surface area contributed by atoms with Gasteiger partial charge in [-0.25, -0.2) is 4.79 Å². The van der Waals surface area contributed by atoms with Crippen LogP contribution in [0.25, 0.3) is 0 Å². The molecule has 1 heterocycles. The fraction of sp³-hybridized carbons (Fsp3) is 0.333. The summed E-state index contributed by atoms with van der Waals surface area (Å²) in [5, 5.41) is 12.9. The minimum Gasteiger partial charge on any atom is -0.493 e. The van der Waals surface area contributed by atoms with Gasteiger partial charge >= 0.3 is 6.09 Å². The largest absolute Gasteiger partial charge is 0.493 e. The summed E-state index contributed by atoms with van der Waals surface area (Å²) in [5.41, 5.74) is 2.67. The van der Waals surface area contributed by atoms with Crippen molar-refractivity contribution in [2.24, 2.45) is 5.16 Å². The Morgan fingerprint density at radius 3 is 2.64 bits per heavy atom. The standard InChI is InChI=1S/C21H24N2O5/c1-4-27-21(24)23-14(2)10-17(22-25)16-11-20(19(26-3)12-18(16)23)28-13-15-8-6-5-7-9-15/h5-9,11-12,14,25H,4,10,13H2,1-3H3. The first-order valence-corrected chi connectivity index (χ1v) is 9.15. The highest BCUT2D eigenvalue weighted by Crippen LogP contribution is 2.40. The second kappa shape index (κ2) is 8.65. The Labute approximate surface area is 164 Å². The average molecular weight is 384 g/mol. The highest BCUT2D eigenvalue weighted by atomic mass is 16.6. The van der Waals surface area contributed by atoms with Crippen molar-refractivity contribution < 1.29 is 24.2 Å². The van der Waals surface area contributed by atoms with Crippen molar-refractivity contribution in [2.75, 3.05) is 18.6 Å². The van der Waals surface area contributed by atoms with Crippen molar-refractivity contribution in [3.63, 3.8) is 0 Å². The molecule has 0 aliphatic carbocycles. The van der Waals surface area contributed by atoms with E-state index in [4.69, 9.17) is 14.2 Å². The maximum absolute atomic E-state index is 12.5. The Balaban J connectivity index is 2.00. The summed E-state index contributed by atoms with van der Waals surface area (Å²) in [6.45, 7) is 4.26. The lowest BCUT2D eigenvalue weighted by molar-refractivity contribution is 0.157. The van der Waals surface area contributed by atoms with Crippen LogP contribution in [0, 0.1) is 0 Å². The average Bonchev–Trinajstić information content (AvgIpc) is 2.71. The number of fused-ring (bicyclic) bond motifs is 1. The van der Waals surface area contributed by atoms with E-state index in [0.717, 1.165) is 5.56 Å². The molecule has 0 saturated carbocycles. The van der Waals surface area contributed by atoms with Gasteiger partial charge in [0.2, 0.25) is 0 Å². The van der Waals surface area contributed by atoms with Crippen LogP contribution in [-0.2, 0) is 11.3 Å². The van der Waals surface area contributed by atoms with Crippen LogP contribution in [-0.4, -0.2) is 36.8 Å². The van der Waals surface area contributed by atoms with Crippen molar-refractivity contribution in [1.29, 1.82) is 0 Å². The SMILES string of the molecule is CCOC(=O)N1c2cc(OC)c(OCc3ccccc3)cc2C(=NO)CC1C. The molecule has 0 aromatic heterocycles. The van der Waals surface area contributed by atoms with Gasteiger partial charge in [-0.3, -0.25) is 4.90 Å². The molecule has 0 bridgehead atoms. The van der Waals surface area contributed by atoms with Crippen molar-refractivity contribution in [3.8, 4) is 11.5 Å². The van der Waals surface area contributed by atoms with Crippen LogP contribution in [0.15, 0.2) is 47.6 Å². The third-order valence-corrected chi connectivity index (χ3v) is 4.60. The normalized spacial score (nSPS) is 17.2. The van der Waals surface area contributed by atoms with E-state index in [1.54, 1.807) is 31.1 Å². The maximum Gasteiger partial charge on any atom is 0.414 e. The molecule has 0 spiro atoms. The van der Waals surface area contributed by atoms with Gasteiger partial charge < -0.3 is 19.4 Å². The van der Waals surface area contributed by atoms with Crippen LogP contribution in [0.5, 0.6) is 11.5 Å². The third kappa shape index (κ3) is 3.88. The first-order chi connectivity index (χ1) is 13.6. The van der Waals surface area contributed by atoms with Crippen molar-refractivity contribution in [2.45, 2.75) is 32.9 Å². The summed E-state index contributed by atoms with van der Waals surface area (Å²) in [5.74, 6) is 0.986. The third-order valence-electron chi connectivity index (χ3n) is 4.60. The van der Waals surface area contributed by atoms with Crippen LogP contribution < -0.4 is 14.4 Å². The molecule has 0 radical (unpaired) electrons. The van der Waals surface area contributed by atoms with Gasteiger partial charge in [-0.2, -0.15) is 0 Å². The number of rotatable bonds is 5. The number of methoxy groups -OCH3 is 1. The van der Waals surface area contributed by atoms with Crippen LogP contribution >= 0.6 is 0 Å². The topological polar surface area (TPSA) is 80.6 Å². The molecule has 7 heteroatoms. The second-order valence-corrected chi connectivity index (χ2v) is 6.46. The molecule has 1 aliphatic heterocycles. The molecule has 2 aromatic carbocycles. The van der Waals surface area contributed by atoms with E-state index >= 15 is 0 Å². The number of hydrogen-bond donors (Lipinski definition) is 1. The van der Waals surface area contributed by atoms with Crippen molar-refractivity contribution >= 4 is 17.5 Å². The molecule has 28 heavy (non-hydrogen) atoms. The monoisotopic (exact) mass is 384 g/mol. The minimum absolute atomic E-state index is 0.224. The molecular formula is C21H24N2O5. The molecular weight excluding hydrogens is 360 g/mol. The summed E-state index contributed by atoms with van der Waals surface area (Å²) in [7, 11) is 1.54. The second-order valence-electron chi connectivity index (χ2n) is 6.46. The summed E-state index contributed by atoms with van der Waals surface area (Å²) in [4.78, 5) is 14.0. The Morgan fingerprint density at radius 1 is 1.25 bits per heavy atom. The number of anilines is 1. The van der Waals surface area contributed by atoms with Gasteiger partial charge in [0, 0.05) is 24.1 Å². The highest BCUT2D eigenvalue weighted by Gasteiger charge is 2.34.